The number of aryl methyl sites for hydroxylation is 3. The van der Waals surface area contributed by atoms with Crippen molar-refractivity contribution in [3.63, 3.8) is 0 Å². The highest BCUT2D eigenvalue weighted by Crippen LogP contribution is 2.44. The van der Waals surface area contributed by atoms with Crippen LogP contribution in [0.2, 0.25) is 5.02 Å². The molecule has 2 atom stereocenters. The minimum atomic E-state index is -0.509. The largest absolute Gasteiger partial charge is 0.483 e. The van der Waals surface area contributed by atoms with Crippen LogP contribution in [0.25, 0.3) is 5.00 Å². The van der Waals surface area contributed by atoms with Gasteiger partial charge in [0.1, 0.15) is 28.2 Å². The van der Waals surface area contributed by atoms with E-state index in [0.717, 1.165) is 94.4 Å². The van der Waals surface area contributed by atoms with Gasteiger partial charge in [0, 0.05) is 45.7 Å². The van der Waals surface area contributed by atoms with Gasteiger partial charge >= 0.3 is 0 Å². The fraction of sp³-hybridized carbons (Fsp3) is 0.432. The Balaban J connectivity index is 0.950. The van der Waals surface area contributed by atoms with Crippen LogP contribution in [0.5, 0.6) is 5.75 Å². The molecule has 10 nitrogen and oxygen atoms in total. The Morgan fingerprint density at radius 2 is 1.94 bits per heavy atom. The molecule has 2 fully saturated rings. The van der Waals surface area contributed by atoms with Crippen molar-refractivity contribution in [3.05, 3.63) is 91.3 Å². The number of amides is 2. The van der Waals surface area contributed by atoms with Gasteiger partial charge in [-0.15, -0.1) is 21.5 Å². The molecule has 12 heteroatoms. The van der Waals surface area contributed by atoms with Crippen LogP contribution in [0.3, 0.4) is 0 Å². The van der Waals surface area contributed by atoms with Crippen molar-refractivity contribution in [2.24, 2.45) is 4.99 Å². The Hall–Kier alpha value is -4.06. The number of piperidine rings is 1. The van der Waals surface area contributed by atoms with Gasteiger partial charge in [-0.2, -0.15) is 0 Å². The van der Waals surface area contributed by atoms with Gasteiger partial charge in [0.2, 0.25) is 5.91 Å². The summed E-state index contributed by atoms with van der Waals surface area (Å²) in [5, 5.41) is 14.1. The first-order valence-electron chi connectivity index (χ1n) is 17.2. The van der Waals surface area contributed by atoms with E-state index in [1.807, 2.05) is 41.0 Å². The zero-order valence-corrected chi connectivity index (χ0v) is 29.5. The molecular formula is C37H38ClN7O3S. The lowest BCUT2D eigenvalue weighted by molar-refractivity contribution is -0.153. The molecule has 4 aromatic rings. The highest BCUT2D eigenvalue weighted by Gasteiger charge is 2.50. The molecule has 0 saturated carbocycles. The van der Waals surface area contributed by atoms with Crippen LogP contribution in [-0.2, 0) is 17.8 Å². The van der Waals surface area contributed by atoms with E-state index in [4.69, 9.17) is 21.3 Å². The number of ether oxygens (including phenoxy) is 1. The van der Waals surface area contributed by atoms with E-state index < -0.39 is 11.6 Å². The van der Waals surface area contributed by atoms with Crippen molar-refractivity contribution in [3.8, 4) is 10.8 Å². The van der Waals surface area contributed by atoms with Crippen molar-refractivity contribution < 1.29 is 14.3 Å². The van der Waals surface area contributed by atoms with Gasteiger partial charge in [-0.3, -0.25) is 19.1 Å². The van der Waals surface area contributed by atoms with Crippen molar-refractivity contribution >= 4 is 40.5 Å². The molecule has 2 amide bonds. The van der Waals surface area contributed by atoms with Crippen LogP contribution in [0.4, 0.5) is 0 Å². The molecule has 0 aliphatic carbocycles. The summed E-state index contributed by atoms with van der Waals surface area (Å²) < 4.78 is 8.77. The summed E-state index contributed by atoms with van der Waals surface area (Å²) in [6.07, 6.45) is 3.94. The summed E-state index contributed by atoms with van der Waals surface area (Å²) in [4.78, 5) is 37.7. The molecule has 9 rings (SSSR count). The molecule has 2 aromatic carbocycles. The molecule has 49 heavy (non-hydrogen) atoms. The van der Waals surface area contributed by atoms with Crippen LogP contribution in [0, 0.1) is 20.8 Å². The van der Waals surface area contributed by atoms with E-state index in [9.17, 15) is 9.59 Å². The number of thiophene rings is 1. The van der Waals surface area contributed by atoms with Crippen LogP contribution < -0.4 is 10.1 Å². The number of aliphatic imine (C=N–C) groups is 1. The Labute approximate surface area is 294 Å². The monoisotopic (exact) mass is 695 g/mol. The molecule has 0 bridgehead atoms. The van der Waals surface area contributed by atoms with Crippen molar-refractivity contribution in [1.82, 2.24) is 29.9 Å². The van der Waals surface area contributed by atoms with E-state index in [1.165, 1.54) is 4.88 Å². The van der Waals surface area contributed by atoms with Crippen LogP contribution in [0.15, 0.2) is 41.4 Å². The molecule has 5 aliphatic heterocycles. The highest BCUT2D eigenvalue weighted by atomic mass is 35.5. The minimum absolute atomic E-state index is 0.0193. The van der Waals surface area contributed by atoms with Crippen molar-refractivity contribution in [2.75, 3.05) is 26.2 Å². The average Bonchev–Trinajstić information content (AvgIpc) is 3.69. The van der Waals surface area contributed by atoms with E-state index in [2.05, 4.69) is 46.1 Å². The van der Waals surface area contributed by atoms with Gasteiger partial charge in [0.25, 0.3) is 5.91 Å². The second kappa shape index (κ2) is 11.5. The number of rotatable bonds is 4. The summed E-state index contributed by atoms with van der Waals surface area (Å²) in [7, 11) is 0. The molecule has 252 valence electrons. The van der Waals surface area contributed by atoms with Crippen molar-refractivity contribution in [1.29, 1.82) is 0 Å². The lowest BCUT2D eigenvalue weighted by atomic mass is 9.83. The summed E-state index contributed by atoms with van der Waals surface area (Å²) in [5.41, 5.74) is 6.53. The number of likely N-dealkylation sites (tertiary alicyclic amines) is 1. The molecule has 1 spiro atoms. The SMILES string of the molecule is Cc1sc2c(c1C)C(c1ccc(Cl)cc1)=N[C@@H](CC(=O)N1CC3(CCc4cc5c(cc4O3)CN(C3CCCNC3)C5=O)C1)c1nnc(C)n1-2. The lowest BCUT2D eigenvalue weighted by Gasteiger charge is -2.52. The maximum Gasteiger partial charge on any atom is 0.254 e. The number of benzene rings is 2. The summed E-state index contributed by atoms with van der Waals surface area (Å²) >= 11 is 7.97. The van der Waals surface area contributed by atoms with E-state index in [1.54, 1.807) is 11.3 Å². The second-order valence-electron chi connectivity index (χ2n) is 14.2. The summed E-state index contributed by atoms with van der Waals surface area (Å²) in [6, 6.07) is 11.6. The number of hydrogen-bond acceptors (Lipinski definition) is 8. The van der Waals surface area contributed by atoms with Crippen LogP contribution in [0.1, 0.15) is 86.4 Å². The first-order valence-corrected chi connectivity index (χ1v) is 18.4. The van der Waals surface area contributed by atoms with Gasteiger partial charge < -0.3 is 19.9 Å². The Bertz CT molecular complexity index is 2060. The number of halogens is 1. The fourth-order valence-electron chi connectivity index (χ4n) is 8.21. The number of nitrogens with one attached hydrogen (secondary N) is 1. The van der Waals surface area contributed by atoms with E-state index in [-0.39, 0.29) is 24.3 Å². The third-order valence-corrected chi connectivity index (χ3v) is 12.5. The standard InChI is InChI=1S/C37H38ClN7O3S/c1-20-21(2)49-36-32(20)33(23-6-8-26(38)9-7-23)40-29(34-42-41-22(3)45(34)36)15-31(46)43-18-37(19-43)11-10-24-13-28-25(14-30(24)48-37)17-44(35(28)47)27-5-4-12-39-16-27/h6-9,13-14,27,29,39H,4-5,10-12,15-19H2,1-3H3/t27?,29-/m0/s1. The number of aromatic nitrogens is 3. The Morgan fingerprint density at radius 3 is 2.71 bits per heavy atom. The maximum absolute atomic E-state index is 14.0. The number of carbonyl (C=O) groups excluding carboxylic acids is 2. The van der Waals surface area contributed by atoms with Gasteiger partial charge in [0.15, 0.2) is 5.82 Å². The summed E-state index contributed by atoms with van der Waals surface area (Å²) in [6.45, 7) is 9.75. The third-order valence-electron chi connectivity index (χ3n) is 11.0. The molecule has 7 heterocycles. The van der Waals surface area contributed by atoms with Gasteiger partial charge in [0.05, 0.1) is 25.2 Å². The quantitative estimate of drug-likeness (QED) is 0.302. The third kappa shape index (κ3) is 5.03. The molecule has 1 unspecified atom stereocenters. The van der Waals surface area contributed by atoms with E-state index >= 15 is 0 Å². The predicted octanol–water partition coefficient (Wildman–Crippen LogP) is 5.50. The molecule has 5 aliphatic rings. The fourth-order valence-corrected chi connectivity index (χ4v) is 9.55. The predicted molar refractivity (Wildman–Crippen MR) is 188 cm³/mol. The zero-order chi connectivity index (χ0) is 33.6. The maximum atomic E-state index is 14.0. The van der Waals surface area contributed by atoms with E-state index in [0.29, 0.717) is 30.5 Å². The van der Waals surface area contributed by atoms with Gasteiger partial charge in [-0.25, -0.2) is 0 Å². The Morgan fingerprint density at radius 1 is 1.12 bits per heavy atom. The Kier molecular flexibility index (Phi) is 7.26. The zero-order valence-electron chi connectivity index (χ0n) is 27.9. The first kappa shape index (κ1) is 31.0. The molecule has 1 N–H and O–H groups in total. The second-order valence-corrected chi connectivity index (χ2v) is 15.8. The first-order chi connectivity index (χ1) is 23.7. The molecule has 2 saturated heterocycles. The van der Waals surface area contributed by atoms with Gasteiger partial charge in [-0.1, -0.05) is 23.7 Å². The number of carbonyl (C=O) groups is 2. The number of hydrogen-bond donors (Lipinski definition) is 1. The molecule has 0 radical (unpaired) electrons. The van der Waals surface area contributed by atoms with Crippen molar-refractivity contribution in [2.45, 2.75) is 77.1 Å². The normalized spacial score (nSPS) is 22.0. The van der Waals surface area contributed by atoms with Crippen LogP contribution in [-0.4, -0.2) is 79.9 Å². The number of fused-ring (bicyclic) bond motifs is 5. The smallest absolute Gasteiger partial charge is 0.254 e. The highest BCUT2D eigenvalue weighted by molar-refractivity contribution is 7.15. The average molecular weight is 696 g/mol. The lowest BCUT2D eigenvalue weighted by Crippen LogP contribution is -2.67. The molecular weight excluding hydrogens is 658 g/mol. The van der Waals surface area contributed by atoms with Gasteiger partial charge in [-0.05, 0) is 94.0 Å². The molecule has 2 aromatic heterocycles. The topological polar surface area (TPSA) is 105 Å². The summed E-state index contributed by atoms with van der Waals surface area (Å²) in [5.74, 6) is 2.46. The number of nitrogens with zero attached hydrogens (tertiary/aromatic N) is 6. The van der Waals surface area contributed by atoms with Crippen LogP contribution >= 0.6 is 22.9 Å². The minimum Gasteiger partial charge on any atom is -0.483 e.